The smallest absolute Gasteiger partial charge is 0.338 e. The van der Waals surface area contributed by atoms with Crippen LogP contribution in [0.3, 0.4) is 0 Å². The fraction of sp³-hybridized carbons (Fsp3) is 0.190. The van der Waals surface area contributed by atoms with Gasteiger partial charge in [0.05, 0.1) is 34.3 Å². The lowest BCUT2D eigenvalue weighted by Crippen LogP contribution is -2.23. The summed E-state index contributed by atoms with van der Waals surface area (Å²) in [6, 6.07) is 8.28. The first-order valence-corrected chi connectivity index (χ1v) is 11.5. The van der Waals surface area contributed by atoms with E-state index in [1.54, 1.807) is 50.4 Å². The van der Waals surface area contributed by atoms with Gasteiger partial charge in [0.25, 0.3) is 5.91 Å². The van der Waals surface area contributed by atoms with Crippen molar-refractivity contribution in [3.8, 4) is 11.5 Å². The molecule has 0 aromatic heterocycles. The van der Waals surface area contributed by atoms with E-state index >= 15 is 0 Å². The number of phenolic OH excluding ortho intramolecular Hbond substituents is 1. The SMILES string of the molecule is CCOC(=O)c1ccc(N=C2S/C(=C\c3cc(OC)c(O)c(Br)c3Br)C(=O)N2C)cc1. The first-order chi connectivity index (χ1) is 14.8. The van der Waals surface area contributed by atoms with Gasteiger partial charge >= 0.3 is 5.97 Å². The van der Waals surface area contributed by atoms with Gasteiger partial charge in [0.15, 0.2) is 16.7 Å². The van der Waals surface area contributed by atoms with E-state index in [0.717, 1.165) is 0 Å². The number of phenols is 1. The molecule has 10 heteroatoms. The molecule has 0 atom stereocenters. The van der Waals surface area contributed by atoms with E-state index in [4.69, 9.17) is 9.47 Å². The highest BCUT2D eigenvalue weighted by Gasteiger charge is 2.31. The Morgan fingerprint density at radius 3 is 2.55 bits per heavy atom. The number of amides is 1. The highest BCUT2D eigenvalue weighted by atomic mass is 79.9. The van der Waals surface area contributed by atoms with E-state index in [0.29, 0.717) is 42.4 Å². The molecule has 3 rings (SSSR count). The van der Waals surface area contributed by atoms with Gasteiger partial charge in [-0.25, -0.2) is 9.79 Å². The van der Waals surface area contributed by atoms with Crippen LogP contribution in [0.5, 0.6) is 11.5 Å². The summed E-state index contributed by atoms with van der Waals surface area (Å²) < 4.78 is 11.2. The van der Waals surface area contributed by atoms with Gasteiger partial charge in [0.2, 0.25) is 0 Å². The van der Waals surface area contributed by atoms with Crippen molar-refractivity contribution in [1.82, 2.24) is 4.90 Å². The molecule has 1 saturated heterocycles. The van der Waals surface area contributed by atoms with Crippen LogP contribution in [-0.2, 0) is 9.53 Å². The van der Waals surface area contributed by atoms with Crippen LogP contribution in [0.1, 0.15) is 22.8 Å². The minimum absolute atomic E-state index is 0.0347. The Morgan fingerprint density at radius 2 is 1.94 bits per heavy atom. The largest absolute Gasteiger partial charge is 0.503 e. The van der Waals surface area contributed by atoms with Crippen LogP contribution in [0.25, 0.3) is 6.08 Å². The third-order valence-electron chi connectivity index (χ3n) is 4.29. The molecule has 2 aromatic carbocycles. The van der Waals surface area contributed by atoms with Gasteiger partial charge in [-0.2, -0.15) is 0 Å². The number of nitrogens with zero attached hydrogens (tertiary/aromatic N) is 2. The Labute approximate surface area is 200 Å². The second kappa shape index (κ2) is 9.88. The molecule has 1 amide bonds. The van der Waals surface area contributed by atoms with Crippen molar-refractivity contribution in [3.05, 3.63) is 55.3 Å². The van der Waals surface area contributed by atoms with Gasteiger partial charge in [0.1, 0.15) is 0 Å². The lowest BCUT2D eigenvalue weighted by atomic mass is 10.2. The molecule has 162 valence electrons. The number of methoxy groups -OCH3 is 1. The zero-order chi connectivity index (χ0) is 22.7. The van der Waals surface area contributed by atoms with Crippen LogP contribution in [0.4, 0.5) is 5.69 Å². The Balaban J connectivity index is 1.89. The molecule has 0 aliphatic carbocycles. The zero-order valence-corrected chi connectivity index (χ0v) is 20.8. The number of hydrogen-bond acceptors (Lipinski definition) is 7. The first kappa shape index (κ1) is 23.4. The summed E-state index contributed by atoms with van der Waals surface area (Å²) in [4.78, 5) is 30.9. The molecular weight excluding hydrogens is 552 g/mol. The normalized spacial score (nSPS) is 16.3. The summed E-state index contributed by atoms with van der Waals surface area (Å²) in [5.41, 5.74) is 1.70. The first-order valence-electron chi connectivity index (χ1n) is 9.05. The molecule has 0 unspecified atom stereocenters. The second-order valence-electron chi connectivity index (χ2n) is 6.28. The quantitative estimate of drug-likeness (QED) is 0.386. The third kappa shape index (κ3) is 4.97. The third-order valence-corrected chi connectivity index (χ3v) is 7.51. The number of aromatic hydroxyl groups is 1. The van der Waals surface area contributed by atoms with Crippen LogP contribution in [-0.4, -0.2) is 47.8 Å². The Morgan fingerprint density at radius 1 is 1.26 bits per heavy atom. The van der Waals surface area contributed by atoms with Crippen molar-refractivity contribution in [3.63, 3.8) is 0 Å². The predicted molar refractivity (Wildman–Crippen MR) is 128 cm³/mol. The van der Waals surface area contributed by atoms with E-state index in [1.807, 2.05) is 0 Å². The van der Waals surface area contributed by atoms with E-state index in [2.05, 4.69) is 36.9 Å². The number of halogens is 2. The number of carbonyl (C=O) groups excluding carboxylic acids is 2. The summed E-state index contributed by atoms with van der Waals surface area (Å²) in [7, 11) is 3.10. The minimum atomic E-state index is -0.393. The van der Waals surface area contributed by atoms with Crippen molar-refractivity contribution >= 4 is 72.4 Å². The topological polar surface area (TPSA) is 88.4 Å². The van der Waals surface area contributed by atoms with E-state index in [1.165, 1.54) is 23.8 Å². The highest BCUT2D eigenvalue weighted by molar-refractivity contribution is 9.13. The van der Waals surface area contributed by atoms with Crippen LogP contribution in [0, 0.1) is 0 Å². The summed E-state index contributed by atoms with van der Waals surface area (Å²) in [6.45, 7) is 2.06. The molecule has 1 aliphatic heterocycles. The molecule has 31 heavy (non-hydrogen) atoms. The lowest BCUT2D eigenvalue weighted by Gasteiger charge is -2.10. The number of ether oxygens (including phenoxy) is 2. The average Bonchev–Trinajstić information content (AvgIpc) is 3.02. The van der Waals surface area contributed by atoms with Crippen LogP contribution >= 0.6 is 43.6 Å². The number of aliphatic imine (C=N–C) groups is 1. The zero-order valence-electron chi connectivity index (χ0n) is 16.8. The lowest BCUT2D eigenvalue weighted by molar-refractivity contribution is -0.121. The molecule has 1 fully saturated rings. The van der Waals surface area contributed by atoms with Gasteiger partial charge in [-0.3, -0.25) is 9.69 Å². The number of thioether (sulfide) groups is 1. The molecule has 1 heterocycles. The minimum Gasteiger partial charge on any atom is -0.503 e. The number of esters is 1. The van der Waals surface area contributed by atoms with Crippen molar-refractivity contribution in [2.75, 3.05) is 20.8 Å². The van der Waals surface area contributed by atoms with E-state index in [9.17, 15) is 14.7 Å². The molecule has 0 radical (unpaired) electrons. The van der Waals surface area contributed by atoms with Crippen LogP contribution in [0.2, 0.25) is 0 Å². The van der Waals surface area contributed by atoms with E-state index in [-0.39, 0.29) is 17.4 Å². The summed E-state index contributed by atoms with van der Waals surface area (Å²) in [6.07, 6.45) is 1.70. The maximum absolute atomic E-state index is 12.7. The number of carbonyl (C=O) groups is 2. The second-order valence-corrected chi connectivity index (χ2v) is 8.88. The van der Waals surface area contributed by atoms with Gasteiger partial charge in [-0.05, 0) is 92.5 Å². The Bertz CT molecular complexity index is 1100. The molecule has 1 aliphatic rings. The summed E-state index contributed by atoms with van der Waals surface area (Å²) in [5, 5.41) is 10.6. The average molecular weight is 570 g/mol. The predicted octanol–water partition coefficient (Wildman–Crippen LogP) is 5.34. The monoisotopic (exact) mass is 568 g/mol. The van der Waals surface area contributed by atoms with Crippen molar-refractivity contribution < 1.29 is 24.2 Å². The number of benzene rings is 2. The maximum atomic E-state index is 12.7. The Hall–Kier alpha value is -2.30. The summed E-state index contributed by atoms with van der Waals surface area (Å²) >= 11 is 7.96. The standard InChI is InChI=1S/C21H18Br2N2O5S/c1-4-30-20(28)11-5-7-13(8-6-11)24-21-25(2)19(27)15(31-21)10-12-9-14(29-3)18(26)17(23)16(12)22/h5-10,26H,4H2,1-3H3/b15-10-,24-21?. The van der Waals surface area contributed by atoms with Crippen molar-refractivity contribution in [2.24, 2.45) is 4.99 Å². The van der Waals surface area contributed by atoms with Gasteiger partial charge in [-0.1, -0.05) is 0 Å². The van der Waals surface area contributed by atoms with Gasteiger partial charge in [0, 0.05) is 11.5 Å². The fourth-order valence-electron chi connectivity index (χ4n) is 2.66. The van der Waals surface area contributed by atoms with Crippen molar-refractivity contribution in [1.29, 1.82) is 0 Å². The fourth-order valence-corrected chi connectivity index (χ4v) is 4.48. The molecular formula is C21H18Br2N2O5S. The summed E-state index contributed by atoms with van der Waals surface area (Å²) in [5.74, 6) is -0.355. The molecule has 7 nitrogen and oxygen atoms in total. The molecule has 0 spiro atoms. The number of rotatable bonds is 5. The molecule has 2 aromatic rings. The number of hydrogen-bond donors (Lipinski definition) is 1. The van der Waals surface area contributed by atoms with Gasteiger partial charge in [-0.15, -0.1) is 0 Å². The number of amidine groups is 1. The highest BCUT2D eigenvalue weighted by Crippen LogP contribution is 2.43. The number of likely N-dealkylation sites (N-methyl/N-ethyl adjacent to an activating group) is 1. The van der Waals surface area contributed by atoms with Crippen LogP contribution in [0.15, 0.2) is 49.2 Å². The molecule has 1 N–H and O–H groups in total. The van der Waals surface area contributed by atoms with Crippen LogP contribution < -0.4 is 4.74 Å². The van der Waals surface area contributed by atoms with Crippen molar-refractivity contribution in [2.45, 2.75) is 6.92 Å². The molecule has 0 saturated carbocycles. The maximum Gasteiger partial charge on any atom is 0.338 e. The van der Waals surface area contributed by atoms with E-state index < -0.39 is 5.97 Å². The Kier molecular flexibility index (Phi) is 7.45. The van der Waals surface area contributed by atoms with Gasteiger partial charge < -0.3 is 14.6 Å². The molecule has 0 bridgehead atoms.